The van der Waals surface area contributed by atoms with Crippen LogP contribution in [0.1, 0.15) is 39.3 Å². The van der Waals surface area contributed by atoms with Gasteiger partial charge in [0, 0.05) is 16.9 Å². The van der Waals surface area contributed by atoms with Gasteiger partial charge in [0.05, 0.1) is 6.04 Å². The lowest BCUT2D eigenvalue weighted by Gasteiger charge is -2.20. The molecule has 2 aromatic rings. The number of rotatable bonds is 4. The van der Waals surface area contributed by atoms with E-state index in [1.54, 1.807) is 52.0 Å². The Hall–Kier alpha value is -2.63. The third-order valence-electron chi connectivity index (χ3n) is 3.34. The van der Waals surface area contributed by atoms with E-state index in [4.69, 9.17) is 4.74 Å². The lowest BCUT2D eigenvalue weighted by molar-refractivity contribution is 0.0636. The van der Waals surface area contributed by atoms with Crippen LogP contribution in [0.3, 0.4) is 0 Å². The minimum absolute atomic E-state index is 0.227. The Labute approximate surface area is 146 Å². The summed E-state index contributed by atoms with van der Waals surface area (Å²) in [5.74, 6) is -1.75. The summed E-state index contributed by atoms with van der Waals surface area (Å²) in [4.78, 5) is 11.8. The van der Waals surface area contributed by atoms with Crippen molar-refractivity contribution in [3.63, 3.8) is 0 Å². The number of nitrogens with one attached hydrogen (secondary N) is 2. The van der Waals surface area contributed by atoms with E-state index in [1.807, 2.05) is 0 Å². The summed E-state index contributed by atoms with van der Waals surface area (Å²) >= 11 is 0. The van der Waals surface area contributed by atoms with E-state index in [0.717, 1.165) is 6.07 Å². The van der Waals surface area contributed by atoms with Crippen LogP contribution in [0.25, 0.3) is 0 Å². The molecule has 4 nitrogen and oxygen atoms in total. The van der Waals surface area contributed by atoms with Crippen molar-refractivity contribution in [2.75, 3.05) is 10.6 Å². The Kier molecular flexibility index (Phi) is 5.62. The number of ether oxygens (including phenoxy) is 1. The molecule has 1 atom stereocenters. The fraction of sp³-hybridized carbons (Fsp3) is 0.316. The van der Waals surface area contributed by atoms with E-state index >= 15 is 0 Å². The van der Waals surface area contributed by atoms with Gasteiger partial charge in [0.25, 0.3) is 0 Å². The number of carbonyl (C=O) groups excluding carboxylic acids is 1. The molecule has 0 spiro atoms. The lowest BCUT2D eigenvalue weighted by atomic mass is 10.1. The van der Waals surface area contributed by atoms with Gasteiger partial charge in [-0.3, -0.25) is 5.32 Å². The molecule has 0 fully saturated rings. The van der Waals surface area contributed by atoms with Crippen LogP contribution in [-0.2, 0) is 4.74 Å². The Morgan fingerprint density at radius 1 is 1.08 bits per heavy atom. The zero-order valence-corrected chi connectivity index (χ0v) is 14.7. The van der Waals surface area contributed by atoms with Crippen molar-refractivity contribution in [2.45, 2.75) is 39.3 Å². The summed E-state index contributed by atoms with van der Waals surface area (Å²) in [5, 5.41) is 5.73. The zero-order chi connectivity index (χ0) is 18.6. The molecule has 0 aliphatic carbocycles. The Morgan fingerprint density at radius 2 is 1.72 bits per heavy atom. The molecule has 0 aliphatic heterocycles. The van der Waals surface area contributed by atoms with Gasteiger partial charge < -0.3 is 10.1 Å². The number of anilines is 2. The minimum Gasteiger partial charge on any atom is -0.444 e. The molecule has 6 heteroatoms. The minimum atomic E-state index is -0.883. The van der Waals surface area contributed by atoms with Gasteiger partial charge in [0.1, 0.15) is 5.60 Å². The highest BCUT2D eigenvalue weighted by atomic mass is 19.2. The maximum absolute atomic E-state index is 13.9. The van der Waals surface area contributed by atoms with E-state index in [2.05, 4.69) is 10.6 Å². The molecule has 0 aromatic heterocycles. The van der Waals surface area contributed by atoms with Crippen LogP contribution in [0.4, 0.5) is 25.0 Å². The van der Waals surface area contributed by atoms with Crippen molar-refractivity contribution in [1.29, 1.82) is 0 Å². The Morgan fingerprint density at radius 3 is 2.40 bits per heavy atom. The van der Waals surface area contributed by atoms with Gasteiger partial charge in [-0.05, 0) is 52.0 Å². The average Bonchev–Trinajstić information content (AvgIpc) is 2.48. The second kappa shape index (κ2) is 7.51. The molecule has 2 N–H and O–H groups in total. The number of benzene rings is 2. The second-order valence-corrected chi connectivity index (χ2v) is 6.72. The van der Waals surface area contributed by atoms with Gasteiger partial charge in [-0.1, -0.05) is 18.2 Å². The molecule has 0 bridgehead atoms. The molecular formula is C19H22F2N2O2. The first-order valence-electron chi connectivity index (χ1n) is 7.96. The van der Waals surface area contributed by atoms with Crippen molar-refractivity contribution in [3.8, 4) is 0 Å². The van der Waals surface area contributed by atoms with E-state index in [1.165, 1.54) is 12.1 Å². The quantitative estimate of drug-likeness (QED) is 0.769. The number of hydrogen-bond acceptors (Lipinski definition) is 3. The summed E-state index contributed by atoms with van der Waals surface area (Å²) in [7, 11) is 0. The fourth-order valence-corrected chi connectivity index (χ4v) is 2.29. The largest absolute Gasteiger partial charge is 0.444 e. The molecule has 0 aliphatic rings. The third-order valence-corrected chi connectivity index (χ3v) is 3.34. The summed E-state index contributed by atoms with van der Waals surface area (Å²) in [6, 6.07) is 10.5. The number of carbonyl (C=O) groups is 1. The van der Waals surface area contributed by atoms with Crippen molar-refractivity contribution < 1.29 is 18.3 Å². The first kappa shape index (κ1) is 18.7. The maximum atomic E-state index is 13.9. The molecule has 0 radical (unpaired) electrons. The maximum Gasteiger partial charge on any atom is 0.412 e. The molecule has 0 heterocycles. The molecule has 0 saturated carbocycles. The van der Waals surface area contributed by atoms with Crippen molar-refractivity contribution >= 4 is 17.5 Å². The van der Waals surface area contributed by atoms with Crippen LogP contribution in [0, 0.1) is 11.6 Å². The van der Waals surface area contributed by atoms with Gasteiger partial charge >= 0.3 is 6.09 Å². The molecule has 134 valence electrons. The Balaban J connectivity index is 2.08. The predicted molar refractivity (Wildman–Crippen MR) is 94.7 cm³/mol. The van der Waals surface area contributed by atoms with Crippen LogP contribution in [0.5, 0.6) is 0 Å². The standard InChI is InChI=1S/C19H22F2N2O2/c1-12(15-9-6-10-16(20)17(15)21)22-13-7-5-8-14(11-13)23-18(24)25-19(2,3)4/h5-12,22H,1-4H3,(H,23,24). The molecule has 0 saturated heterocycles. The summed E-state index contributed by atoms with van der Waals surface area (Å²) in [5.41, 5.74) is 0.824. The summed E-state index contributed by atoms with van der Waals surface area (Å²) in [6.45, 7) is 7.06. The molecule has 25 heavy (non-hydrogen) atoms. The highest BCUT2D eigenvalue weighted by Crippen LogP contribution is 2.25. The van der Waals surface area contributed by atoms with Crippen LogP contribution in [0.2, 0.25) is 0 Å². The average molecular weight is 348 g/mol. The number of hydrogen-bond donors (Lipinski definition) is 2. The first-order chi connectivity index (χ1) is 11.7. The van der Waals surface area contributed by atoms with Crippen molar-refractivity contribution in [1.82, 2.24) is 0 Å². The lowest BCUT2D eigenvalue weighted by Crippen LogP contribution is -2.27. The fourth-order valence-electron chi connectivity index (χ4n) is 2.29. The van der Waals surface area contributed by atoms with E-state index in [-0.39, 0.29) is 5.56 Å². The van der Waals surface area contributed by atoms with Crippen LogP contribution in [0.15, 0.2) is 42.5 Å². The second-order valence-electron chi connectivity index (χ2n) is 6.72. The van der Waals surface area contributed by atoms with Gasteiger partial charge in [0.15, 0.2) is 11.6 Å². The Bertz CT molecular complexity index is 757. The van der Waals surface area contributed by atoms with Gasteiger partial charge in [0.2, 0.25) is 0 Å². The summed E-state index contributed by atoms with van der Waals surface area (Å²) in [6.07, 6.45) is -0.561. The first-order valence-corrected chi connectivity index (χ1v) is 7.96. The molecule has 1 unspecified atom stereocenters. The zero-order valence-electron chi connectivity index (χ0n) is 14.7. The highest BCUT2D eigenvalue weighted by Gasteiger charge is 2.17. The highest BCUT2D eigenvalue weighted by molar-refractivity contribution is 5.85. The van der Waals surface area contributed by atoms with Crippen LogP contribution >= 0.6 is 0 Å². The SMILES string of the molecule is CC(Nc1cccc(NC(=O)OC(C)(C)C)c1)c1cccc(F)c1F. The van der Waals surface area contributed by atoms with Crippen molar-refractivity contribution in [3.05, 3.63) is 59.7 Å². The van der Waals surface area contributed by atoms with Crippen LogP contribution < -0.4 is 10.6 Å². The number of halogens is 2. The van der Waals surface area contributed by atoms with E-state index in [0.29, 0.717) is 11.4 Å². The topological polar surface area (TPSA) is 50.4 Å². The number of amides is 1. The molecule has 2 rings (SSSR count). The monoisotopic (exact) mass is 348 g/mol. The van der Waals surface area contributed by atoms with Gasteiger partial charge in [-0.2, -0.15) is 0 Å². The molecular weight excluding hydrogens is 326 g/mol. The van der Waals surface area contributed by atoms with E-state index in [9.17, 15) is 13.6 Å². The normalized spacial score (nSPS) is 12.4. The third kappa shape index (κ3) is 5.45. The summed E-state index contributed by atoms with van der Waals surface area (Å²) < 4.78 is 32.4. The smallest absolute Gasteiger partial charge is 0.412 e. The molecule has 1 amide bonds. The molecule has 2 aromatic carbocycles. The van der Waals surface area contributed by atoms with Gasteiger partial charge in [-0.25, -0.2) is 13.6 Å². The van der Waals surface area contributed by atoms with Gasteiger partial charge in [-0.15, -0.1) is 0 Å². The predicted octanol–water partition coefficient (Wildman–Crippen LogP) is 5.48. The van der Waals surface area contributed by atoms with E-state index < -0.39 is 29.4 Å². The van der Waals surface area contributed by atoms with Crippen LogP contribution in [-0.4, -0.2) is 11.7 Å². The van der Waals surface area contributed by atoms with Crippen molar-refractivity contribution in [2.24, 2.45) is 0 Å².